The van der Waals surface area contributed by atoms with Gasteiger partial charge in [0.25, 0.3) is 0 Å². The van der Waals surface area contributed by atoms with Crippen molar-refractivity contribution >= 4 is 28.0 Å². The average molecular weight is 292 g/mol. The predicted molar refractivity (Wildman–Crippen MR) is 71.3 cm³/mol. The third-order valence-corrected chi connectivity index (χ3v) is 2.53. The maximum Gasteiger partial charge on any atom is 0.146 e. The van der Waals surface area contributed by atoms with E-state index in [2.05, 4.69) is 31.4 Å². The molecule has 0 aliphatic carbocycles. The van der Waals surface area contributed by atoms with E-state index in [1.54, 1.807) is 24.4 Å². The van der Waals surface area contributed by atoms with Crippen LogP contribution in [0.1, 0.15) is 5.56 Å². The van der Waals surface area contributed by atoms with Gasteiger partial charge in [0.2, 0.25) is 0 Å². The minimum Gasteiger partial charge on any atom is -0.507 e. The zero-order chi connectivity index (χ0) is 12.1. The number of aromatic nitrogens is 1. The standard InChI is InChI=1S/C12H10BrN3O/c13-10-5-4-9(11(17)7-10)8-15-16-12-3-1-2-6-14-12/h1-8,17H,(H,14,16). The van der Waals surface area contributed by atoms with Gasteiger partial charge in [0.05, 0.1) is 6.21 Å². The lowest BCUT2D eigenvalue weighted by Crippen LogP contribution is -1.92. The van der Waals surface area contributed by atoms with Crippen LogP contribution in [0.3, 0.4) is 0 Å². The first kappa shape index (κ1) is 11.6. The van der Waals surface area contributed by atoms with Crippen molar-refractivity contribution in [2.45, 2.75) is 0 Å². The van der Waals surface area contributed by atoms with E-state index in [-0.39, 0.29) is 5.75 Å². The molecule has 0 saturated heterocycles. The number of pyridine rings is 1. The van der Waals surface area contributed by atoms with Crippen LogP contribution < -0.4 is 5.43 Å². The first-order chi connectivity index (χ1) is 8.25. The van der Waals surface area contributed by atoms with Crippen molar-refractivity contribution < 1.29 is 5.11 Å². The van der Waals surface area contributed by atoms with Gasteiger partial charge in [-0.3, -0.25) is 5.43 Å². The Morgan fingerprint density at radius 1 is 1.29 bits per heavy atom. The van der Waals surface area contributed by atoms with Crippen molar-refractivity contribution in [3.63, 3.8) is 0 Å². The molecule has 0 unspecified atom stereocenters. The number of hydrazone groups is 1. The number of nitrogens with zero attached hydrogens (tertiary/aromatic N) is 2. The summed E-state index contributed by atoms with van der Waals surface area (Å²) < 4.78 is 0.824. The van der Waals surface area contributed by atoms with E-state index in [4.69, 9.17) is 0 Å². The second-order valence-corrected chi connectivity index (χ2v) is 4.20. The average Bonchev–Trinajstić information content (AvgIpc) is 2.33. The summed E-state index contributed by atoms with van der Waals surface area (Å²) in [5, 5.41) is 13.6. The Morgan fingerprint density at radius 2 is 2.18 bits per heavy atom. The van der Waals surface area contributed by atoms with Gasteiger partial charge in [-0.2, -0.15) is 5.10 Å². The van der Waals surface area contributed by atoms with Crippen molar-refractivity contribution in [3.8, 4) is 5.75 Å². The van der Waals surface area contributed by atoms with Gasteiger partial charge >= 0.3 is 0 Å². The molecule has 17 heavy (non-hydrogen) atoms. The topological polar surface area (TPSA) is 57.5 Å². The Balaban J connectivity index is 2.06. The molecule has 0 bridgehead atoms. The van der Waals surface area contributed by atoms with Crippen LogP contribution >= 0.6 is 15.9 Å². The molecule has 1 heterocycles. The van der Waals surface area contributed by atoms with E-state index in [9.17, 15) is 5.11 Å². The van der Waals surface area contributed by atoms with Gasteiger partial charge in [0.1, 0.15) is 11.6 Å². The number of benzene rings is 1. The fourth-order valence-electron chi connectivity index (χ4n) is 1.22. The number of phenolic OH excluding ortho intramolecular Hbond substituents is 1. The Kier molecular flexibility index (Phi) is 3.72. The summed E-state index contributed by atoms with van der Waals surface area (Å²) in [6.45, 7) is 0. The van der Waals surface area contributed by atoms with E-state index >= 15 is 0 Å². The van der Waals surface area contributed by atoms with Crippen LogP contribution in [0.4, 0.5) is 5.82 Å². The predicted octanol–water partition coefficient (Wildman–Crippen LogP) is 3.00. The van der Waals surface area contributed by atoms with Gasteiger partial charge in [-0.15, -0.1) is 0 Å². The zero-order valence-electron chi connectivity index (χ0n) is 8.84. The van der Waals surface area contributed by atoms with Crippen LogP contribution in [0.2, 0.25) is 0 Å². The minimum absolute atomic E-state index is 0.172. The van der Waals surface area contributed by atoms with Gasteiger partial charge in [-0.25, -0.2) is 4.98 Å². The number of aromatic hydroxyl groups is 1. The molecule has 0 amide bonds. The Bertz CT molecular complexity index is 529. The van der Waals surface area contributed by atoms with Crippen LogP contribution in [0, 0.1) is 0 Å². The molecule has 0 aliphatic heterocycles. The summed E-state index contributed by atoms with van der Waals surface area (Å²) in [6, 6.07) is 10.7. The molecule has 86 valence electrons. The summed E-state index contributed by atoms with van der Waals surface area (Å²) in [7, 11) is 0. The van der Waals surface area contributed by atoms with Crippen molar-refractivity contribution in [1.82, 2.24) is 4.98 Å². The number of rotatable bonds is 3. The number of halogens is 1. The molecule has 2 rings (SSSR count). The van der Waals surface area contributed by atoms with E-state index in [0.717, 1.165) is 4.47 Å². The zero-order valence-corrected chi connectivity index (χ0v) is 10.4. The molecule has 2 aromatic rings. The number of nitrogens with one attached hydrogen (secondary N) is 1. The minimum atomic E-state index is 0.172. The molecule has 0 atom stereocenters. The van der Waals surface area contributed by atoms with E-state index in [1.165, 1.54) is 6.21 Å². The molecule has 0 radical (unpaired) electrons. The van der Waals surface area contributed by atoms with Gasteiger partial charge < -0.3 is 5.11 Å². The highest BCUT2D eigenvalue weighted by Gasteiger charge is 1.98. The molecule has 2 N–H and O–H groups in total. The second-order valence-electron chi connectivity index (χ2n) is 3.29. The second kappa shape index (κ2) is 5.45. The fraction of sp³-hybridized carbons (Fsp3) is 0. The van der Waals surface area contributed by atoms with Crippen molar-refractivity contribution in [1.29, 1.82) is 0 Å². The summed E-state index contributed by atoms with van der Waals surface area (Å²) in [6.07, 6.45) is 3.21. The van der Waals surface area contributed by atoms with E-state index in [1.807, 2.05) is 18.2 Å². The first-order valence-corrected chi connectivity index (χ1v) is 5.73. The quantitative estimate of drug-likeness (QED) is 0.675. The SMILES string of the molecule is Oc1cc(Br)ccc1C=NNc1ccccn1. The third-order valence-electron chi connectivity index (χ3n) is 2.04. The highest BCUT2D eigenvalue weighted by molar-refractivity contribution is 9.10. The first-order valence-electron chi connectivity index (χ1n) is 4.94. The van der Waals surface area contributed by atoms with Crippen molar-refractivity contribution in [3.05, 3.63) is 52.6 Å². The van der Waals surface area contributed by atoms with Crippen LogP contribution in [-0.2, 0) is 0 Å². The Labute approximate surface area is 107 Å². The lowest BCUT2D eigenvalue weighted by atomic mass is 10.2. The molecule has 4 nitrogen and oxygen atoms in total. The Hall–Kier alpha value is -1.88. The summed E-state index contributed by atoms with van der Waals surface area (Å²) in [4.78, 5) is 4.05. The maximum absolute atomic E-state index is 9.62. The normalized spacial score (nSPS) is 10.6. The summed E-state index contributed by atoms with van der Waals surface area (Å²) in [5.74, 6) is 0.825. The molecule has 1 aromatic carbocycles. The number of anilines is 1. The number of hydrogen-bond acceptors (Lipinski definition) is 4. The summed E-state index contributed by atoms with van der Waals surface area (Å²) >= 11 is 3.27. The maximum atomic E-state index is 9.62. The lowest BCUT2D eigenvalue weighted by molar-refractivity contribution is 0.474. The third kappa shape index (κ3) is 3.29. The lowest BCUT2D eigenvalue weighted by Gasteiger charge is -2.00. The van der Waals surface area contributed by atoms with Crippen LogP contribution in [-0.4, -0.2) is 16.3 Å². The molecule has 1 aromatic heterocycles. The highest BCUT2D eigenvalue weighted by Crippen LogP contribution is 2.20. The van der Waals surface area contributed by atoms with Gasteiger partial charge in [-0.1, -0.05) is 22.0 Å². The van der Waals surface area contributed by atoms with Crippen LogP contribution in [0.25, 0.3) is 0 Å². The van der Waals surface area contributed by atoms with E-state index < -0.39 is 0 Å². The largest absolute Gasteiger partial charge is 0.507 e. The molecule has 0 aliphatic rings. The molecular weight excluding hydrogens is 282 g/mol. The molecule has 0 saturated carbocycles. The number of phenols is 1. The smallest absolute Gasteiger partial charge is 0.146 e. The van der Waals surface area contributed by atoms with E-state index in [0.29, 0.717) is 11.4 Å². The fourth-order valence-corrected chi connectivity index (χ4v) is 1.57. The van der Waals surface area contributed by atoms with Crippen LogP contribution in [0.15, 0.2) is 52.2 Å². The van der Waals surface area contributed by atoms with Crippen molar-refractivity contribution in [2.24, 2.45) is 5.10 Å². The Morgan fingerprint density at radius 3 is 2.88 bits per heavy atom. The molecule has 0 spiro atoms. The van der Waals surface area contributed by atoms with Gasteiger partial charge in [0.15, 0.2) is 0 Å². The highest BCUT2D eigenvalue weighted by atomic mass is 79.9. The van der Waals surface area contributed by atoms with Gasteiger partial charge in [-0.05, 0) is 30.3 Å². The number of hydrogen-bond donors (Lipinski definition) is 2. The molecule has 0 fully saturated rings. The monoisotopic (exact) mass is 291 g/mol. The molecule has 5 heteroatoms. The van der Waals surface area contributed by atoms with Gasteiger partial charge in [0, 0.05) is 16.2 Å². The summed E-state index contributed by atoms with van der Waals surface area (Å²) in [5.41, 5.74) is 3.41. The van der Waals surface area contributed by atoms with Crippen molar-refractivity contribution in [2.75, 3.05) is 5.43 Å². The molecular formula is C12H10BrN3O. The van der Waals surface area contributed by atoms with Crippen LogP contribution in [0.5, 0.6) is 5.75 Å².